The van der Waals surface area contributed by atoms with Crippen molar-refractivity contribution in [1.82, 2.24) is 15.3 Å². The molecule has 0 atom stereocenters. The number of piperidine rings is 1. The fourth-order valence-electron chi connectivity index (χ4n) is 3.20. The van der Waals surface area contributed by atoms with Crippen LogP contribution in [0.4, 0.5) is 5.13 Å². The highest BCUT2D eigenvalue weighted by Gasteiger charge is 2.26. The van der Waals surface area contributed by atoms with Gasteiger partial charge >= 0.3 is 0 Å². The number of benzene rings is 1. The summed E-state index contributed by atoms with van der Waals surface area (Å²) in [5.41, 5.74) is 2.04. The summed E-state index contributed by atoms with van der Waals surface area (Å²) in [6.45, 7) is 2.27. The van der Waals surface area contributed by atoms with Crippen LogP contribution in [0.1, 0.15) is 18.4 Å². The Morgan fingerprint density at radius 3 is 2.81 bits per heavy atom. The van der Waals surface area contributed by atoms with Gasteiger partial charge in [0.05, 0.1) is 0 Å². The lowest BCUT2D eigenvalue weighted by atomic mass is 9.96. The Bertz CT molecular complexity index is 888. The molecule has 0 saturated carbocycles. The Morgan fingerprint density at radius 1 is 1.23 bits per heavy atom. The maximum absolute atomic E-state index is 12.5. The summed E-state index contributed by atoms with van der Waals surface area (Å²) in [4.78, 5) is 24.8. The van der Waals surface area contributed by atoms with Gasteiger partial charge < -0.3 is 10.2 Å². The fraction of sp³-hybridized carbons (Fsp3) is 0.316. The first-order valence-corrected chi connectivity index (χ1v) is 10.3. The monoisotopic (exact) mass is 430 g/mol. The Morgan fingerprint density at radius 2 is 2.04 bits per heavy atom. The molecule has 1 N–H and O–H groups in total. The number of halogens is 1. The maximum atomic E-state index is 12.5. The molecule has 0 spiro atoms. The van der Waals surface area contributed by atoms with Gasteiger partial charge in [0.1, 0.15) is 10.3 Å². The molecule has 3 aromatic rings. The molecule has 0 unspecified atom stereocenters. The topological polar surface area (TPSA) is 58.1 Å². The van der Waals surface area contributed by atoms with E-state index in [1.165, 1.54) is 0 Å². The van der Waals surface area contributed by atoms with Crippen molar-refractivity contribution in [2.24, 2.45) is 5.92 Å². The molecule has 5 nitrogen and oxygen atoms in total. The van der Waals surface area contributed by atoms with Crippen molar-refractivity contribution in [3.8, 4) is 0 Å². The summed E-state index contributed by atoms with van der Waals surface area (Å²) in [7, 11) is 0. The van der Waals surface area contributed by atoms with E-state index in [1.807, 2.05) is 36.4 Å². The number of aromatic nitrogens is 2. The number of fused-ring (bicyclic) bond motifs is 1. The van der Waals surface area contributed by atoms with Crippen LogP contribution in [0.3, 0.4) is 0 Å². The van der Waals surface area contributed by atoms with Crippen molar-refractivity contribution in [3.05, 3.63) is 52.6 Å². The first-order valence-electron chi connectivity index (χ1n) is 8.68. The molecule has 1 aliphatic heterocycles. The van der Waals surface area contributed by atoms with Gasteiger partial charge in [0, 0.05) is 36.2 Å². The van der Waals surface area contributed by atoms with Gasteiger partial charge in [0.15, 0.2) is 5.13 Å². The van der Waals surface area contributed by atoms with Crippen LogP contribution in [0.2, 0.25) is 0 Å². The van der Waals surface area contributed by atoms with E-state index < -0.39 is 0 Å². The number of thiazole rings is 1. The van der Waals surface area contributed by atoms with Gasteiger partial charge in [0.2, 0.25) is 5.91 Å². The lowest BCUT2D eigenvalue weighted by molar-refractivity contribution is -0.125. The second-order valence-corrected chi connectivity index (χ2v) is 8.20. The molecule has 3 heterocycles. The third-order valence-electron chi connectivity index (χ3n) is 4.70. The molecule has 0 radical (unpaired) electrons. The number of carbonyl (C=O) groups excluding carboxylic acids is 1. The minimum atomic E-state index is 0.0706. The SMILES string of the molecule is O=C(NCc1ccccc1Br)C1CCN(c2nc3cccnc3s2)CC1. The van der Waals surface area contributed by atoms with Gasteiger partial charge in [-0.3, -0.25) is 4.79 Å². The Kier molecular flexibility index (Phi) is 5.17. The van der Waals surface area contributed by atoms with Crippen LogP contribution in [0.5, 0.6) is 0 Å². The number of hydrogen-bond donors (Lipinski definition) is 1. The zero-order valence-corrected chi connectivity index (χ0v) is 16.6. The highest BCUT2D eigenvalue weighted by molar-refractivity contribution is 9.10. The van der Waals surface area contributed by atoms with Crippen LogP contribution < -0.4 is 10.2 Å². The Balaban J connectivity index is 1.33. The van der Waals surface area contributed by atoms with E-state index in [0.29, 0.717) is 6.54 Å². The van der Waals surface area contributed by atoms with Crippen LogP contribution in [0.25, 0.3) is 10.3 Å². The van der Waals surface area contributed by atoms with E-state index in [1.54, 1.807) is 17.5 Å². The summed E-state index contributed by atoms with van der Waals surface area (Å²) in [5.74, 6) is 0.215. The molecule has 1 amide bonds. The van der Waals surface area contributed by atoms with Crippen LogP contribution in [0.15, 0.2) is 47.1 Å². The lowest BCUT2D eigenvalue weighted by Crippen LogP contribution is -2.40. The average molecular weight is 431 g/mol. The minimum Gasteiger partial charge on any atom is -0.352 e. The molecule has 0 bridgehead atoms. The number of nitrogens with zero attached hydrogens (tertiary/aromatic N) is 3. The second kappa shape index (κ2) is 7.72. The van der Waals surface area contributed by atoms with Crippen molar-refractivity contribution in [2.45, 2.75) is 19.4 Å². The van der Waals surface area contributed by atoms with Gasteiger partial charge in [-0.1, -0.05) is 45.5 Å². The molecule has 1 aliphatic rings. The molecule has 26 heavy (non-hydrogen) atoms. The number of amides is 1. The third-order valence-corrected chi connectivity index (χ3v) is 6.52. The van der Waals surface area contributed by atoms with Crippen molar-refractivity contribution >= 4 is 48.7 Å². The summed E-state index contributed by atoms with van der Waals surface area (Å²) >= 11 is 5.14. The molecular formula is C19H19BrN4OS. The number of hydrogen-bond acceptors (Lipinski definition) is 5. The number of nitrogens with one attached hydrogen (secondary N) is 1. The van der Waals surface area contributed by atoms with E-state index in [9.17, 15) is 4.79 Å². The quantitative estimate of drug-likeness (QED) is 0.679. The minimum absolute atomic E-state index is 0.0706. The molecule has 1 saturated heterocycles. The second-order valence-electron chi connectivity index (χ2n) is 6.39. The summed E-state index contributed by atoms with van der Waals surface area (Å²) in [6, 6.07) is 11.9. The van der Waals surface area contributed by atoms with E-state index in [2.05, 4.69) is 36.1 Å². The standard InChI is InChI=1S/C19H19BrN4OS/c20-15-5-2-1-4-14(15)12-22-17(25)13-7-10-24(11-8-13)19-23-16-6-3-9-21-18(16)26-19/h1-6,9,13H,7-8,10-12H2,(H,22,25). The molecule has 0 aliphatic carbocycles. The summed E-state index contributed by atoms with van der Waals surface area (Å²) < 4.78 is 1.03. The maximum Gasteiger partial charge on any atom is 0.223 e. The zero-order valence-electron chi connectivity index (χ0n) is 14.2. The number of rotatable bonds is 4. The van der Waals surface area contributed by atoms with Crippen LogP contribution in [0, 0.1) is 5.92 Å². The average Bonchev–Trinajstić information content (AvgIpc) is 3.11. The van der Waals surface area contributed by atoms with E-state index in [0.717, 1.165) is 51.4 Å². The predicted octanol–water partition coefficient (Wildman–Crippen LogP) is 3.99. The third kappa shape index (κ3) is 3.73. The van der Waals surface area contributed by atoms with Crippen LogP contribution >= 0.6 is 27.3 Å². The number of anilines is 1. The van der Waals surface area contributed by atoms with Gasteiger partial charge in [-0.25, -0.2) is 9.97 Å². The highest BCUT2D eigenvalue weighted by Crippen LogP contribution is 2.30. The molecule has 4 rings (SSSR count). The number of pyridine rings is 1. The van der Waals surface area contributed by atoms with Crippen molar-refractivity contribution in [2.75, 3.05) is 18.0 Å². The largest absolute Gasteiger partial charge is 0.352 e. The highest BCUT2D eigenvalue weighted by atomic mass is 79.9. The summed E-state index contributed by atoms with van der Waals surface area (Å²) in [5, 5.41) is 4.08. The molecule has 2 aromatic heterocycles. The first kappa shape index (κ1) is 17.4. The molecule has 7 heteroatoms. The zero-order chi connectivity index (χ0) is 17.9. The molecule has 1 aromatic carbocycles. The van der Waals surface area contributed by atoms with Crippen molar-refractivity contribution in [1.29, 1.82) is 0 Å². The van der Waals surface area contributed by atoms with Gasteiger partial charge in [-0.2, -0.15) is 0 Å². The molecule has 134 valence electrons. The van der Waals surface area contributed by atoms with Gasteiger partial charge in [-0.15, -0.1) is 0 Å². The van der Waals surface area contributed by atoms with Gasteiger partial charge in [-0.05, 0) is 36.6 Å². The van der Waals surface area contributed by atoms with Crippen LogP contribution in [-0.4, -0.2) is 29.0 Å². The molecular weight excluding hydrogens is 412 g/mol. The Labute approximate surface area is 164 Å². The van der Waals surface area contributed by atoms with E-state index in [4.69, 9.17) is 0 Å². The lowest BCUT2D eigenvalue weighted by Gasteiger charge is -2.31. The van der Waals surface area contributed by atoms with Crippen LogP contribution in [-0.2, 0) is 11.3 Å². The van der Waals surface area contributed by atoms with Gasteiger partial charge in [0.25, 0.3) is 0 Å². The molecule has 1 fully saturated rings. The first-order chi connectivity index (χ1) is 12.7. The van der Waals surface area contributed by atoms with Crippen molar-refractivity contribution in [3.63, 3.8) is 0 Å². The smallest absolute Gasteiger partial charge is 0.223 e. The van der Waals surface area contributed by atoms with Crippen molar-refractivity contribution < 1.29 is 4.79 Å². The van der Waals surface area contributed by atoms with E-state index >= 15 is 0 Å². The normalized spacial score (nSPS) is 15.3. The summed E-state index contributed by atoms with van der Waals surface area (Å²) in [6.07, 6.45) is 3.50. The number of carbonyl (C=O) groups is 1. The predicted molar refractivity (Wildman–Crippen MR) is 108 cm³/mol. The van der Waals surface area contributed by atoms with E-state index in [-0.39, 0.29) is 11.8 Å². The fourth-order valence-corrected chi connectivity index (χ4v) is 4.58. The Hall–Kier alpha value is -1.99.